The van der Waals surface area contributed by atoms with E-state index in [4.69, 9.17) is 17.3 Å². The van der Waals surface area contributed by atoms with Gasteiger partial charge >= 0.3 is 0 Å². The van der Waals surface area contributed by atoms with E-state index in [1.807, 2.05) is 5.38 Å². The molecule has 0 radical (unpaired) electrons. The number of non-ortho nitro benzene ring substituents is 1. The lowest BCUT2D eigenvalue weighted by atomic mass is 10.1. The highest BCUT2D eigenvalue weighted by Crippen LogP contribution is 2.28. The molecule has 1 aromatic carbocycles. The number of hydrogen-bond donors (Lipinski definition) is 2. The van der Waals surface area contributed by atoms with Crippen LogP contribution in [0, 0.1) is 10.1 Å². The zero-order chi connectivity index (χ0) is 15.4. The quantitative estimate of drug-likeness (QED) is 0.497. The number of nitrogens with two attached hydrogens (primary N) is 1. The van der Waals surface area contributed by atoms with Crippen LogP contribution in [0.15, 0.2) is 23.0 Å². The van der Waals surface area contributed by atoms with Crippen LogP contribution in [0.25, 0.3) is 0 Å². The van der Waals surface area contributed by atoms with Gasteiger partial charge in [0.25, 0.3) is 11.6 Å². The number of carbonyl (C=O) groups excluding carboxylic acids is 1. The van der Waals surface area contributed by atoms with Gasteiger partial charge in [-0.3, -0.25) is 14.9 Å². The Balaban J connectivity index is 2.09. The van der Waals surface area contributed by atoms with E-state index in [1.54, 1.807) is 5.51 Å². The fourth-order valence-electron chi connectivity index (χ4n) is 1.66. The molecule has 0 aliphatic carbocycles. The third-order valence-corrected chi connectivity index (χ3v) is 3.67. The molecule has 110 valence electrons. The first-order chi connectivity index (χ1) is 9.99. The van der Waals surface area contributed by atoms with Gasteiger partial charge in [0.1, 0.15) is 0 Å². The minimum absolute atomic E-state index is 0.00696. The van der Waals surface area contributed by atoms with Crippen molar-refractivity contribution in [2.24, 2.45) is 0 Å². The highest BCUT2D eigenvalue weighted by Gasteiger charge is 2.18. The molecule has 2 aromatic rings. The van der Waals surface area contributed by atoms with Crippen molar-refractivity contribution in [3.63, 3.8) is 0 Å². The molecule has 0 saturated heterocycles. The molecule has 0 bridgehead atoms. The summed E-state index contributed by atoms with van der Waals surface area (Å²) in [7, 11) is 0. The van der Waals surface area contributed by atoms with E-state index in [0.717, 1.165) is 17.8 Å². The number of halogens is 1. The minimum Gasteiger partial charge on any atom is -0.397 e. The smallest absolute Gasteiger partial charge is 0.271 e. The number of nitrogens with one attached hydrogen (secondary N) is 1. The Morgan fingerprint density at radius 3 is 2.90 bits per heavy atom. The maximum Gasteiger partial charge on any atom is 0.271 e. The topological polar surface area (TPSA) is 111 Å². The number of anilines is 1. The number of amides is 1. The number of benzene rings is 1. The molecule has 0 spiro atoms. The van der Waals surface area contributed by atoms with E-state index in [2.05, 4.69) is 10.3 Å². The number of aromatic nitrogens is 1. The molecule has 21 heavy (non-hydrogen) atoms. The third kappa shape index (κ3) is 3.67. The summed E-state index contributed by atoms with van der Waals surface area (Å²) < 4.78 is 0. The van der Waals surface area contributed by atoms with Crippen LogP contribution in [0.5, 0.6) is 0 Å². The highest BCUT2D eigenvalue weighted by molar-refractivity contribution is 7.07. The van der Waals surface area contributed by atoms with Crippen LogP contribution in [-0.2, 0) is 6.42 Å². The van der Waals surface area contributed by atoms with E-state index in [9.17, 15) is 14.9 Å². The molecule has 1 amide bonds. The lowest BCUT2D eigenvalue weighted by Crippen LogP contribution is -2.26. The summed E-state index contributed by atoms with van der Waals surface area (Å²) in [6.07, 6.45) is 0.567. The molecule has 1 heterocycles. The second-order valence-electron chi connectivity index (χ2n) is 4.13. The van der Waals surface area contributed by atoms with Crippen molar-refractivity contribution >= 4 is 40.2 Å². The fourth-order valence-corrected chi connectivity index (χ4v) is 2.46. The SMILES string of the molecule is Nc1c(Cl)cc([N+](=O)[O-])cc1C(=O)NCCc1cscn1. The Morgan fingerprint density at radius 1 is 1.52 bits per heavy atom. The summed E-state index contributed by atoms with van der Waals surface area (Å²) in [5.41, 5.74) is 8.00. The Hall–Kier alpha value is -2.19. The normalized spacial score (nSPS) is 10.3. The van der Waals surface area contributed by atoms with Gasteiger partial charge < -0.3 is 11.1 Å². The molecular formula is C12H11ClN4O3S. The van der Waals surface area contributed by atoms with Crippen LogP contribution < -0.4 is 11.1 Å². The zero-order valence-corrected chi connectivity index (χ0v) is 12.3. The molecule has 0 saturated carbocycles. The highest BCUT2D eigenvalue weighted by atomic mass is 35.5. The van der Waals surface area contributed by atoms with Gasteiger partial charge in [0.05, 0.1) is 32.4 Å². The van der Waals surface area contributed by atoms with Crippen LogP contribution in [0.1, 0.15) is 16.1 Å². The fraction of sp³-hybridized carbons (Fsp3) is 0.167. The maximum absolute atomic E-state index is 12.0. The van der Waals surface area contributed by atoms with E-state index in [-0.39, 0.29) is 22.0 Å². The second-order valence-corrected chi connectivity index (χ2v) is 5.26. The molecular weight excluding hydrogens is 316 g/mol. The molecule has 0 aliphatic heterocycles. The summed E-state index contributed by atoms with van der Waals surface area (Å²) >= 11 is 7.27. The predicted octanol–water partition coefficient (Wildman–Crippen LogP) is 2.26. The number of rotatable bonds is 5. The van der Waals surface area contributed by atoms with Crippen LogP contribution in [0.4, 0.5) is 11.4 Å². The van der Waals surface area contributed by atoms with Crippen molar-refractivity contribution in [2.75, 3.05) is 12.3 Å². The minimum atomic E-state index is -0.628. The lowest BCUT2D eigenvalue weighted by molar-refractivity contribution is -0.384. The van der Waals surface area contributed by atoms with Crippen molar-refractivity contribution in [3.8, 4) is 0 Å². The summed E-state index contributed by atoms with van der Waals surface area (Å²) in [4.78, 5) is 26.3. The number of carbonyl (C=O) groups is 1. The monoisotopic (exact) mass is 326 g/mol. The standard InChI is InChI=1S/C12H11ClN4O3S/c13-10-4-8(17(19)20)3-9(11(10)14)12(18)15-2-1-7-5-21-6-16-7/h3-6H,1-2,14H2,(H,15,18). The van der Waals surface area contributed by atoms with Gasteiger partial charge in [-0.25, -0.2) is 4.98 Å². The van der Waals surface area contributed by atoms with E-state index >= 15 is 0 Å². The van der Waals surface area contributed by atoms with Crippen molar-refractivity contribution in [2.45, 2.75) is 6.42 Å². The molecule has 2 rings (SSSR count). The average molecular weight is 327 g/mol. The maximum atomic E-state index is 12.0. The first kappa shape index (κ1) is 15.2. The molecule has 0 unspecified atom stereocenters. The van der Waals surface area contributed by atoms with Crippen LogP contribution in [0.2, 0.25) is 5.02 Å². The number of thiazole rings is 1. The summed E-state index contributed by atoms with van der Waals surface area (Å²) in [5, 5.41) is 15.3. The van der Waals surface area contributed by atoms with Gasteiger partial charge in [-0.1, -0.05) is 11.6 Å². The zero-order valence-electron chi connectivity index (χ0n) is 10.7. The molecule has 9 heteroatoms. The van der Waals surface area contributed by atoms with Gasteiger partial charge in [0, 0.05) is 30.5 Å². The van der Waals surface area contributed by atoms with Gasteiger partial charge in [-0.05, 0) is 0 Å². The summed E-state index contributed by atoms with van der Waals surface area (Å²) in [6, 6.07) is 2.22. The average Bonchev–Trinajstić information content (AvgIpc) is 2.94. The van der Waals surface area contributed by atoms with Gasteiger partial charge in [-0.2, -0.15) is 0 Å². The summed E-state index contributed by atoms with van der Waals surface area (Å²) in [6.45, 7) is 0.350. The molecule has 7 nitrogen and oxygen atoms in total. The number of nitro benzene ring substituents is 1. The van der Waals surface area contributed by atoms with E-state index in [0.29, 0.717) is 13.0 Å². The van der Waals surface area contributed by atoms with Gasteiger partial charge in [0.2, 0.25) is 0 Å². The molecule has 0 aliphatic rings. The van der Waals surface area contributed by atoms with Crippen molar-refractivity contribution < 1.29 is 9.72 Å². The van der Waals surface area contributed by atoms with Crippen molar-refractivity contribution in [3.05, 3.63) is 49.4 Å². The summed E-state index contributed by atoms with van der Waals surface area (Å²) in [5.74, 6) is -0.506. The molecule has 0 atom stereocenters. The van der Waals surface area contributed by atoms with Crippen molar-refractivity contribution in [1.82, 2.24) is 10.3 Å². The van der Waals surface area contributed by atoms with Crippen LogP contribution in [-0.4, -0.2) is 22.4 Å². The lowest BCUT2D eigenvalue weighted by Gasteiger charge is -2.08. The number of hydrogen-bond acceptors (Lipinski definition) is 6. The van der Waals surface area contributed by atoms with E-state index < -0.39 is 10.8 Å². The first-order valence-electron chi connectivity index (χ1n) is 5.87. The largest absolute Gasteiger partial charge is 0.397 e. The van der Waals surface area contributed by atoms with E-state index in [1.165, 1.54) is 11.3 Å². The van der Waals surface area contributed by atoms with Gasteiger partial charge in [0.15, 0.2) is 0 Å². The number of nitro groups is 1. The Morgan fingerprint density at radius 2 is 2.29 bits per heavy atom. The Kier molecular flexibility index (Phi) is 4.71. The van der Waals surface area contributed by atoms with Crippen LogP contribution in [0.3, 0.4) is 0 Å². The van der Waals surface area contributed by atoms with Crippen LogP contribution >= 0.6 is 22.9 Å². The molecule has 1 aromatic heterocycles. The Bertz CT molecular complexity index is 675. The Labute approximate surface area is 128 Å². The number of nitrogen functional groups attached to an aromatic ring is 1. The first-order valence-corrected chi connectivity index (χ1v) is 7.20. The third-order valence-electron chi connectivity index (χ3n) is 2.72. The second kappa shape index (κ2) is 6.51. The molecule has 3 N–H and O–H groups in total. The predicted molar refractivity (Wildman–Crippen MR) is 80.7 cm³/mol. The number of nitrogens with zero attached hydrogens (tertiary/aromatic N) is 2. The molecule has 0 fully saturated rings. The van der Waals surface area contributed by atoms with Gasteiger partial charge in [-0.15, -0.1) is 11.3 Å². The van der Waals surface area contributed by atoms with Crippen molar-refractivity contribution in [1.29, 1.82) is 0 Å².